The highest BCUT2D eigenvalue weighted by Gasteiger charge is 2.21. The zero-order valence-corrected chi connectivity index (χ0v) is 21.0. The number of rotatable bonds is 10. The SMILES string of the molecule is CCc1cccc(CC)c1-n1c(SCC(=O)NCc2ccccc2OC)nnc1-c1cccnc1. The molecule has 2 heterocycles. The van der Waals surface area contributed by atoms with Crippen LogP contribution in [0.15, 0.2) is 72.1 Å². The van der Waals surface area contributed by atoms with Crippen LogP contribution in [0.4, 0.5) is 0 Å². The molecular formula is C27H29N5O2S. The summed E-state index contributed by atoms with van der Waals surface area (Å²) in [6.07, 6.45) is 5.27. The van der Waals surface area contributed by atoms with E-state index in [1.54, 1.807) is 19.5 Å². The zero-order valence-electron chi connectivity index (χ0n) is 20.2. The van der Waals surface area contributed by atoms with E-state index in [9.17, 15) is 4.79 Å². The second-order valence-corrected chi connectivity index (χ2v) is 8.84. The second kappa shape index (κ2) is 11.7. The third-order valence-corrected chi connectivity index (χ3v) is 6.67. The van der Waals surface area contributed by atoms with Gasteiger partial charge in [-0.25, -0.2) is 0 Å². The van der Waals surface area contributed by atoms with Gasteiger partial charge < -0.3 is 10.1 Å². The molecule has 0 aliphatic heterocycles. The predicted octanol–water partition coefficient (Wildman–Crippen LogP) is 4.87. The van der Waals surface area contributed by atoms with Gasteiger partial charge in [0.15, 0.2) is 11.0 Å². The molecule has 2 aromatic carbocycles. The summed E-state index contributed by atoms with van der Waals surface area (Å²) in [5.41, 5.74) is 5.30. The van der Waals surface area contributed by atoms with Crippen molar-refractivity contribution in [1.29, 1.82) is 0 Å². The van der Waals surface area contributed by atoms with Crippen LogP contribution in [0.5, 0.6) is 5.75 Å². The lowest BCUT2D eigenvalue weighted by Gasteiger charge is -2.18. The van der Waals surface area contributed by atoms with E-state index in [0.717, 1.165) is 35.4 Å². The molecule has 0 saturated heterocycles. The Balaban J connectivity index is 1.62. The molecule has 8 heteroatoms. The third kappa shape index (κ3) is 5.54. The first-order chi connectivity index (χ1) is 17.2. The first-order valence-electron chi connectivity index (χ1n) is 11.6. The molecule has 0 bridgehead atoms. The summed E-state index contributed by atoms with van der Waals surface area (Å²) in [7, 11) is 1.63. The zero-order chi connectivity index (χ0) is 24.6. The molecule has 0 aliphatic carbocycles. The maximum absolute atomic E-state index is 12.7. The molecule has 35 heavy (non-hydrogen) atoms. The lowest BCUT2D eigenvalue weighted by Crippen LogP contribution is -2.25. The predicted molar refractivity (Wildman–Crippen MR) is 139 cm³/mol. The van der Waals surface area contributed by atoms with Gasteiger partial charge in [-0.05, 0) is 42.2 Å². The molecule has 4 rings (SSSR count). The van der Waals surface area contributed by atoms with Crippen molar-refractivity contribution in [3.8, 4) is 22.8 Å². The number of amides is 1. The molecule has 0 saturated carbocycles. The number of thioether (sulfide) groups is 1. The number of carbonyl (C=O) groups is 1. The summed E-state index contributed by atoms with van der Waals surface area (Å²) in [4.78, 5) is 17.0. The van der Waals surface area contributed by atoms with Crippen molar-refractivity contribution < 1.29 is 9.53 Å². The fraction of sp³-hybridized carbons (Fsp3) is 0.259. The number of hydrogen-bond donors (Lipinski definition) is 1. The van der Waals surface area contributed by atoms with Crippen LogP contribution < -0.4 is 10.1 Å². The van der Waals surface area contributed by atoms with Crippen molar-refractivity contribution in [3.05, 3.63) is 83.7 Å². The normalized spacial score (nSPS) is 10.8. The molecule has 0 spiro atoms. The van der Waals surface area contributed by atoms with Gasteiger partial charge in [0.05, 0.1) is 18.6 Å². The van der Waals surface area contributed by atoms with Crippen molar-refractivity contribution in [1.82, 2.24) is 25.1 Å². The van der Waals surface area contributed by atoms with Gasteiger partial charge >= 0.3 is 0 Å². The van der Waals surface area contributed by atoms with Crippen molar-refractivity contribution in [3.63, 3.8) is 0 Å². The maximum Gasteiger partial charge on any atom is 0.230 e. The molecule has 0 aliphatic rings. The summed E-state index contributed by atoms with van der Waals surface area (Å²) in [5.74, 6) is 1.60. The number of aryl methyl sites for hydroxylation is 2. The molecule has 180 valence electrons. The molecule has 0 unspecified atom stereocenters. The summed E-state index contributed by atoms with van der Waals surface area (Å²) in [6.45, 7) is 4.69. The number of pyridine rings is 1. The number of para-hydroxylation sites is 2. The number of hydrogen-bond acceptors (Lipinski definition) is 6. The number of nitrogens with zero attached hydrogens (tertiary/aromatic N) is 4. The average Bonchev–Trinajstić information content (AvgIpc) is 3.34. The van der Waals surface area contributed by atoms with Crippen molar-refractivity contribution in [2.24, 2.45) is 0 Å². The van der Waals surface area contributed by atoms with E-state index in [1.165, 1.54) is 22.9 Å². The third-order valence-electron chi connectivity index (χ3n) is 5.74. The monoisotopic (exact) mass is 487 g/mol. The number of ether oxygens (including phenoxy) is 1. The van der Waals surface area contributed by atoms with Crippen LogP contribution in [-0.4, -0.2) is 38.5 Å². The van der Waals surface area contributed by atoms with Crippen LogP contribution in [0.2, 0.25) is 0 Å². The molecule has 0 fully saturated rings. The molecule has 7 nitrogen and oxygen atoms in total. The smallest absolute Gasteiger partial charge is 0.230 e. The quantitative estimate of drug-likeness (QED) is 0.321. The fourth-order valence-corrected chi connectivity index (χ4v) is 4.74. The Morgan fingerprint density at radius 2 is 1.71 bits per heavy atom. The van der Waals surface area contributed by atoms with Crippen molar-refractivity contribution >= 4 is 17.7 Å². The first-order valence-corrected chi connectivity index (χ1v) is 12.6. The van der Waals surface area contributed by atoms with Crippen LogP contribution in [0.3, 0.4) is 0 Å². The van der Waals surface area contributed by atoms with Gasteiger partial charge in [0.2, 0.25) is 5.91 Å². The number of benzene rings is 2. The highest BCUT2D eigenvalue weighted by molar-refractivity contribution is 7.99. The van der Waals surface area contributed by atoms with Gasteiger partial charge in [0.25, 0.3) is 0 Å². The van der Waals surface area contributed by atoms with Gasteiger partial charge in [-0.15, -0.1) is 10.2 Å². The van der Waals surface area contributed by atoms with E-state index in [1.807, 2.05) is 36.4 Å². The van der Waals surface area contributed by atoms with Crippen molar-refractivity contribution in [2.45, 2.75) is 38.4 Å². The molecule has 2 aromatic heterocycles. The second-order valence-electron chi connectivity index (χ2n) is 7.89. The molecule has 1 amide bonds. The Hall–Kier alpha value is -3.65. The summed E-state index contributed by atoms with van der Waals surface area (Å²) >= 11 is 1.37. The van der Waals surface area contributed by atoms with Gasteiger partial charge in [0, 0.05) is 30.1 Å². The summed E-state index contributed by atoms with van der Waals surface area (Å²) in [5, 5.41) is 12.6. The standard InChI is InChI=1S/C27H29N5O2S/c1-4-19-11-8-12-20(5-2)25(19)32-26(22-13-9-15-28-16-22)30-31-27(32)35-18-24(33)29-17-21-10-6-7-14-23(21)34-3/h6-16H,4-5,17-18H2,1-3H3,(H,29,33). The van der Waals surface area contributed by atoms with E-state index >= 15 is 0 Å². The largest absolute Gasteiger partial charge is 0.496 e. The highest BCUT2D eigenvalue weighted by Crippen LogP contribution is 2.32. The van der Waals surface area contributed by atoms with E-state index in [0.29, 0.717) is 17.5 Å². The number of nitrogens with one attached hydrogen (secondary N) is 1. The fourth-order valence-electron chi connectivity index (χ4n) is 3.97. The number of methoxy groups -OCH3 is 1. The van der Waals surface area contributed by atoms with E-state index < -0.39 is 0 Å². The Morgan fingerprint density at radius 1 is 0.971 bits per heavy atom. The van der Waals surface area contributed by atoms with Crippen LogP contribution in [0, 0.1) is 0 Å². The Kier molecular flexibility index (Phi) is 8.15. The van der Waals surface area contributed by atoms with Crippen LogP contribution >= 0.6 is 11.8 Å². The lowest BCUT2D eigenvalue weighted by molar-refractivity contribution is -0.118. The van der Waals surface area contributed by atoms with Gasteiger partial charge in [-0.1, -0.05) is 62.0 Å². The van der Waals surface area contributed by atoms with Crippen LogP contribution in [0.1, 0.15) is 30.5 Å². The van der Waals surface area contributed by atoms with Gasteiger partial charge in [-0.3, -0.25) is 14.3 Å². The summed E-state index contributed by atoms with van der Waals surface area (Å²) < 4.78 is 7.45. The van der Waals surface area contributed by atoms with E-state index in [-0.39, 0.29) is 11.7 Å². The minimum Gasteiger partial charge on any atom is -0.496 e. The number of aromatic nitrogens is 4. The molecule has 0 atom stereocenters. The van der Waals surface area contributed by atoms with E-state index in [4.69, 9.17) is 4.74 Å². The van der Waals surface area contributed by atoms with Crippen LogP contribution in [-0.2, 0) is 24.2 Å². The first kappa shape index (κ1) is 24.5. The molecule has 4 aromatic rings. The minimum atomic E-state index is -0.0853. The maximum atomic E-state index is 12.7. The van der Waals surface area contributed by atoms with E-state index in [2.05, 4.69) is 57.1 Å². The molecular weight excluding hydrogens is 458 g/mol. The lowest BCUT2D eigenvalue weighted by atomic mass is 10.0. The Labute approximate surface area is 210 Å². The van der Waals surface area contributed by atoms with Gasteiger partial charge in [0.1, 0.15) is 5.75 Å². The topological polar surface area (TPSA) is 81.9 Å². The molecule has 0 radical (unpaired) electrons. The van der Waals surface area contributed by atoms with Crippen molar-refractivity contribution in [2.75, 3.05) is 12.9 Å². The Morgan fingerprint density at radius 3 is 2.40 bits per heavy atom. The molecule has 1 N–H and O–H groups in total. The average molecular weight is 488 g/mol. The minimum absolute atomic E-state index is 0.0853. The highest BCUT2D eigenvalue weighted by atomic mass is 32.2. The number of carbonyl (C=O) groups excluding carboxylic acids is 1. The van der Waals surface area contributed by atoms with Gasteiger partial charge in [-0.2, -0.15) is 0 Å². The van der Waals surface area contributed by atoms with Crippen LogP contribution in [0.25, 0.3) is 17.1 Å². The summed E-state index contributed by atoms with van der Waals surface area (Å²) in [6, 6.07) is 17.9. The Bertz CT molecular complexity index is 1270.